The summed E-state index contributed by atoms with van der Waals surface area (Å²) in [6.07, 6.45) is 0.875. The molecule has 1 fully saturated rings. The summed E-state index contributed by atoms with van der Waals surface area (Å²) in [5.74, 6) is 0.815. The Morgan fingerprint density at radius 1 is 1.22 bits per heavy atom. The Hall–Kier alpha value is -1.07. The highest BCUT2D eigenvalue weighted by Gasteiger charge is 2.24. The van der Waals surface area contributed by atoms with Crippen LogP contribution in [0, 0.1) is 0 Å². The lowest BCUT2D eigenvalue weighted by Crippen LogP contribution is -2.45. The van der Waals surface area contributed by atoms with E-state index in [1.165, 1.54) is 0 Å². The molecule has 0 amide bonds. The summed E-state index contributed by atoms with van der Waals surface area (Å²) in [6, 6.07) is 7.51. The summed E-state index contributed by atoms with van der Waals surface area (Å²) in [6.45, 7) is 3.37. The van der Waals surface area contributed by atoms with E-state index in [4.69, 9.17) is 0 Å². The molecule has 1 aliphatic heterocycles. The Morgan fingerprint density at radius 2 is 1.78 bits per heavy atom. The van der Waals surface area contributed by atoms with Gasteiger partial charge >= 0.3 is 0 Å². The predicted molar refractivity (Wildman–Crippen MR) is 71.5 cm³/mol. The SMILES string of the molecule is CC(Cc1ccc(O)cc1)N1CCS(=O)(=O)CC1. The van der Waals surface area contributed by atoms with Gasteiger partial charge in [-0.2, -0.15) is 0 Å². The largest absolute Gasteiger partial charge is 0.508 e. The van der Waals surface area contributed by atoms with Crippen LogP contribution in [0.2, 0.25) is 0 Å². The summed E-state index contributed by atoms with van der Waals surface area (Å²) >= 11 is 0. The minimum Gasteiger partial charge on any atom is -0.508 e. The minimum atomic E-state index is -2.80. The highest BCUT2D eigenvalue weighted by Crippen LogP contribution is 2.15. The monoisotopic (exact) mass is 269 g/mol. The second kappa shape index (κ2) is 5.28. The van der Waals surface area contributed by atoms with Crippen molar-refractivity contribution in [3.63, 3.8) is 0 Å². The van der Waals surface area contributed by atoms with Gasteiger partial charge in [-0.15, -0.1) is 0 Å². The van der Waals surface area contributed by atoms with Crippen LogP contribution in [0.3, 0.4) is 0 Å². The Labute approximate surface area is 108 Å². The number of phenols is 1. The second-order valence-electron chi connectivity index (χ2n) is 4.91. The van der Waals surface area contributed by atoms with Crippen molar-refractivity contribution < 1.29 is 13.5 Å². The number of hydrogen-bond acceptors (Lipinski definition) is 4. The van der Waals surface area contributed by atoms with Crippen LogP contribution in [0.15, 0.2) is 24.3 Å². The topological polar surface area (TPSA) is 57.6 Å². The van der Waals surface area contributed by atoms with Crippen LogP contribution in [0.4, 0.5) is 0 Å². The van der Waals surface area contributed by atoms with Gasteiger partial charge < -0.3 is 5.11 Å². The number of hydrogen-bond donors (Lipinski definition) is 1. The van der Waals surface area contributed by atoms with Crippen molar-refractivity contribution in [3.8, 4) is 5.75 Å². The third-order valence-corrected chi connectivity index (χ3v) is 5.08. The van der Waals surface area contributed by atoms with E-state index >= 15 is 0 Å². The molecule has 0 bridgehead atoms. The smallest absolute Gasteiger partial charge is 0.152 e. The van der Waals surface area contributed by atoms with Crippen molar-refractivity contribution in [2.45, 2.75) is 19.4 Å². The van der Waals surface area contributed by atoms with E-state index < -0.39 is 9.84 Å². The number of rotatable bonds is 3. The van der Waals surface area contributed by atoms with Gasteiger partial charge in [0.1, 0.15) is 5.75 Å². The number of sulfone groups is 1. The van der Waals surface area contributed by atoms with Gasteiger partial charge in [0, 0.05) is 19.1 Å². The van der Waals surface area contributed by atoms with E-state index in [-0.39, 0.29) is 17.3 Å². The van der Waals surface area contributed by atoms with Crippen molar-refractivity contribution in [1.82, 2.24) is 4.90 Å². The first kappa shape index (κ1) is 13.4. The molecule has 1 saturated heterocycles. The average Bonchev–Trinajstić information content (AvgIpc) is 2.32. The molecule has 1 unspecified atom stereocenters. The minimum absolute atomic E-state index is 0.271. The Morgan fingerprint density at radius 3 is 2.33 bits per heavy atom. The summed E-state index contributed by atoms with van der Waals surface area (Å²) in [5.41, 5.74) is 1.16. The molecular formula is C13H19NO3S. The Kier molecular flexibility index (Phi) is 3.92. The van der Waals surface area contributed by atoms with Gasteiger partial charge in [0.05, 0.1) is 11.5 Å². The molecule has 4 nitrogen and oxygen atoms in total. The quantitative estimate of drug-likeness (QED) is 0.891. The van der Waals surface area contributed by atoms with Gasteiger partial charge in [-0.1, -0.05) is 12.1 Å². The fraction of sp³-hybridized carbons (Fsp3) is 0.538. The van der Waals surface area contributed by atoms with Gasteiger partial charge in [0.15, 0.2) is 9.84 Å². The molecule has 0 saturated carbocycles. The zero-order valence-corrected chi connectivity index (χ0v) is 11.4. The molecule has 100 valence electrons. The van der Waals surface area contributed by atoms with Gasteiger partial charge in [0.25, 0.3) is 0 Å². The maximum Gasteiger partial charge on any atom is 0.152 e. The molecule has 1 heterocycles. The van der Waals surface area contributed by atoms with Crippen molar-refractivity contribution in [2.75, 3.05) is 24.6 Å². The first-order valence-electron chi connectivity index (χ1n) is 6.19. The summed E-state index contributed by atoms with van der Waals surface area (Å²) in [4.78, 5) is 2.22. The van der Waals surface area contributed by atoms with Crippen LogP contribution in [0.25, 0.3) is 0 Å². The Bertz CT molecular complexity index is 481. The lowest BCUT2D eigenvalue weighted by atomic mass is 10.1. The molecule has 5 heteroatoms. The van der Waals surface area contributed by atoms with Gasteiger partial charge in [0.2, 0.25) is 0 Å². The van der Waals surface area contributed by atoms with E-state index in [2.05, 4.69) is 11.8 Å². The van der Waals surface area contributed by atoms with E-state index in [0.29, 0.717) is 19.1 Å². The Balaban J connectivity index is 1.92. The molecule has 1 atom stereocenters. The number of nitrogens with zero attached hydrogens (tertiary/aromatic N) is 1. The van der Waals surface area contributed by atoms with E-state index in [0.717, 1.165) is 12.0 Å². The van der Waals surface area contributed by atoms with Crippen LogP contribution < -0.4 is 0 Å². The molecular weight excluding hydrogens is 250 g/mol. The van der Waals surface area contributed by atoms with Crippen LogP contribution in [0.5, 0.6) is 5.75 Å². The predicted octanol–water partition coefficient (Wildman–Crippen LogP) is 1.05. The average molecular weight is 269 g/mol. The molecule has 2 rings (SSSR count). The molecule has 1 aromatic carbocycles. The highest BCUT2D eigenvalue weighted by molar-refractivity contribution is 7.91. The number of aromatic hydroxyl groups is 1. The molecule has 1 N–H and O–H groups in total. The maximum absolute atomic E-state index is 11.4. The van der Waals surface area contributed by atoms with Crippen LogP contribution in [0.1, 0.15) is 12.5 Å². The molecule has 1 aliphatic rings. The summed E-state index contributed by atoms with van der Waals surface area (Å²) < 4.78 is 22.7. The number of phenolic OH excluding ortho intramolecular Hbond substituents is 1. The van der Waals surface area contributed by atoms with Crippen molar-refractivity contribution in [1.29, 1.82) is 0 Å². The van der Waals surface area contributed by atoms with Gasteiger partial charge in [-0.25, -0.2) is 8.42 Å². The zero-order chi connectivity index (χ0) is 13.2. The maximum atomic E-state index is 11.4. The fourth-order valence-electron chi connectivity index (χ4n) is 2.27. The number of benzene rings is 1. The van der Waals surface area contributed by atoms with Crippen molar-refractivity contribution >= 4 is 9.84 Å². The molecule has 0 spiro atoms. The molecule has 1 aromatic rings. The molecule has 18 heavy (non-hydrogen) atoms. The van der Waals surface area contributed by atoms with E-state index in [1.54, 1.807) is 12.1 Å². The van der Waals surface area contributed by atoms with Crippen molar-refractivity contribution in [3.05, 3.63) is 29.8 Å². The lowest BCUT2D eigenvalue weighted by molar-refractivity contribution is 0.225. The van der Waals surface area contributed by atoms with Crippen molar-refractivity contribution in [2.24, 2.45) is 0 Å². The summed E-state index contributed by atoms with van der Waals surface area (Å²) in [5, 5.41) is 9.22. The highest BCUT2D eigenvalue weighted by atomic mass is 32.2. The third kappa shape index (κ3) is 3.46. The van der Waals surface area contributed by atoms with E-state index in [9.17, 15) is 13.5 Å². The molecule has 0 aliphatic carbocycles. The first-order valence-corrected chi connectivity index (χ1v) is 8.01. The first-order chi connectivity index (χ1) is 8.46. The third-order valence-electron chi connectivity index (χ3n) is 3.47. The van der Waals surface area contributed by atoms with E-state index in [1.807, 2.05) is 12.1 Å². The van der Waals surface area contributed by atoms with Crippen LogP contribution in [-0.4, -0.2) is 49.1 Å². The van der Waals surface area contributed by atoms with Gasteiger partial charge in [-0.05, 0) is 31.0 Å². The lowest BCUT2D eigenvalue weighted by Gasteiger charge is -2.32. The molecule has 0 aromatic heterocycles. The zero-order valence-electron chi connectivity index (χ0n) is 10.5. The van der Waals surface area contributed by atoms with Crippen LogP contribution in [-0.2, 0) is 16.3 Å². The normalized spacial score (nSPS) is 21.6. The standard InChI is InChI=1S/C13H19NO3S/c1-11(10-12-2-4-13(15)5-3-12)14-6-8-18(16,17)9-7-14/h2-5,11,15H,6-10H2,1H3. The summed E-state index contributed by atoms with van der Waals surface area (Å²) in [7, 11) is -2.80. The molecule has 0 radical (unpaired) electrons. The fourth-order valence-corrected chi connectivity index (χ4v) is 3.50. The van der Waals surface area contributed by atoms with Gasteiger partial charge in [-0.3, -0.25) is 4.90 Å². The van der Waals surface area contributed by atoms with Crippen LogP contribution >= 0.6 is 0 Å². The second-order valence-corrected chi connectivity index (χ2v) is 7.21.